The Balaban J connectivity index is 1.63. The number of hydrogen-bond donors (Lipinski definition) is 0. The van der Waals surface area contributed by atoms with Crippen molar-refractivity contribution in [3.8, 4) is 0 Å². The summed E-state index contributed by atoms with van der Waals surface area (Å²) in [6, 6.07) is 0. The SMILES string of the molecule is [B]C12C3CCC4C5CC6C7CC3C71C56C42C. The van der Waals surface area contributed by atoms with Crippen LogP contribution >= 0.6 is 0 Å². The van der Waals surface area contributed by atoms with Crippen LogP contribution in [0.1, 0.15) is 32.6 Å². The first-order valence-electron chi connectivity index (χ1n) is 7.47. The monoisotopic (exact) mass is 208 g/mol. The Morgan fingerprint density at radius 1 is 0.812 bits per heavy atom. The number of hydrogen-bond acceptors (Lipinski definition) is 0. The van der Waals surface area contributed by atoms with E-state index < -0.39 is 0 Å². The van der Waals surface area contributed by atoms with Crippen LogP contribution in [0.15, 0.2) is 0 Å². The number of rotatable bonds is 0. The van der Waals surface area contributed by atoms with Gasteiger partial charge in [-0.15, -0.1) is 0 Å². The lowest BCUT2D eigenvalue weighted by Gasteiger charge is -3.16. The normalized spacial score (nSPS) is 94.8. The van der Waals surface area contributed by atoms with Crippen LogP contribution in [0.5, 0.6) is 0 Å². The molecule has 7 aliphatic carbocycles. The van der Waals surface area contributed by atoms with Crippen molar-refractivity contribution in [3.63, 3.8) is 0 Å². The van der Waals surface area contributed by atoms with E-state index in [2.05, 4.69) is 6.92 Å². The van der Waals surface area contributed by atoms with Crippen molar-refractivity contribution in [2.75, 3.05) is 0 Å². The topological polar surface area (TPSA) is 0 Å². The van der Waals surface area contributed by atoms with Crippen molar-refractivity contribution in [1.29, 1.82) is 0 Å². The first-order valence-corrected chi connectivity index (χ1v) is 7.47. The van der Waals surface area contributed by atoms with Crippen LogP contribution in [0.3, 0.4) is 0 Å². The molecule has 16 heavy (non-hydrogen) atoms. The molecule has 0 aromatic heterocycles. The van der Waals surface area contributed by atoms with Gasteiger partial charge in [0.2, 0.25) is 0 Å². The summed E-state index contributed by atoms with van der Waals surface area (Å²) in [5.74, 6) is 6.54. The minimum absolute atomic E-state index is 0.351. The van der Waals surface area contributed by atoms with Crippen LogP contribution < -0.4 is 0 Å². The van der Waals surface area contributed by atoms with Crippen molar-refractivity contribution in [2.24, 2.45) is 51.8 Å². The third-order valence-corrected chi connectivity index (χ3v) is 10.0. The summed E-state index contributed by atoms with van der Waals surface area (Å²) in [6.45, 7) is 2.61. The Morgan fingerprint density at radius 3 is 2.19 bits per heavy atom. The highest BCUT2D eigenvalue weighted by molar-refractivity contribution is 6.20. The van der Waals surface area contributed by atoms with Gasteiger partial charge in [-0.3, -0.25) is 0 Å². The number of fused-ring (bicyclic) bond motifs is 3. The van der Waals surface area contributed by atoms with E-state index in [1.807, 2.05) is 0 Å². The molecular weight excluding hydrogens is 191 g/mol. The van der Waals surface area contributed by atoms with Crippen LogP contribution in [0.4, 0.5) is 0 Å². The van der Waals surface area contributed by atoms with Gasteiger partial charge in [0.15, 0.2) is 0 Å². The van der Waals surface area contributed by atoms with Gasteiger partial charge in [0.25, 0.3) is 0 Å². The maximum absolute atomic E-state index is 7.03. The van der Waals surface area contributed by atoms with Gasteiger partial charge < -0.3 is 0 Å². The minimum Gasteiger partial charge on any atom is -0.0589 e. The molecule has 0 N–H and O–H groups in total. The molecule has 1 heteroatoms. The zero-order chi connectivity index (χ0) is 10.3. The molecule has 7 fully saturated rings. The van der Waals surface area contributed by atoms with Crippen molar-refractivity contribution in [2.45, 2.75) is 37.9 Å². The molecule has 0 bridgehead atoms. The average Bonchev–Trinajstić information content (AvgIpc) is 2.25. The van der Waals surface area contributed by atoms with Gasteiger partial charge in [0, 0.05) is 0 Å². The van der Waals surface area contributed by atoms with Gasteiger partial charge in [0.05, 0.1) is 7.85 Å². The molecule has 80 valence electrons. The predicted octanol–water partition coefficient (Wildman–Crippen LogP) is 2.65. The molecule has 0 saturated heterocycles. The molecule has 0 heterocycles. The first-order chi connectivity index (χ1) is 7.68. The molecule has 0 aliphatic heterocycles. The zero-order valence-electron chi connectivity index (χ0n) is 9.87. The lowest BCUT2D eigenvalue weighted by Crippen LogP contribution is -3.11. The molecule has 7 aliphatic rings. The Hall–Kier alpha value is 0.0649. The van der Waals surface area contributed by atoms with Crippen molar-refractivity contribution in [1.82, 2.24) is 0 Å². The van der Waals surface area contributed by atoms with Gasteiger partial charge in [0.1, 0.15) is 0 Å². The highest BCUT2D eigenvalue weighted by atomic mass is 15.1. The molecule has 2 radical (unpaired) electrons. The molecular formula is C15H17B. The quantitative estimate of drug-likeness (QED) is 0.537. The standard InChI is InChI=1S/C15H17B/c1-12-6-2-3-7-9-5-11-10-4-8(6)13(10,12)14(9,11)15(7,12)16/h6-11H,2-5H2,1H3. The van der Waals surface area contributed by atoms with Gasteiger partial charge in [-0.25, -0.2) is 0 Å². The Bertz CT molecular complexity index is 448. The smallest absolute Gasteiger partial charge is 0.0589 e. The molecule has 10 atom stereocenters. The maximum atomic E-state index is 7.03. The molecule has 2 spiro atoms. The van der Waals surface area contributed by atoms with Crippen LogP contribution in [-0.4, -0.2) is 7.85 Å². The lowest BCUT2D eigenvalue weighted by atomic mass is 8.85. The molecule has 0 nitrogen and oxygen atoms in total. The summed E-state index contributed by atoms with van der Waals surface area (Å²) in [5, 5.41) is 0.351. The van der Waals surface area contributed by atoms with E-state index in [1.165, 1.54) is 12.8 Å². The fourth-order valence-electron chi connectivity index (χ4n) is 10.6. The highest BCUT2D eigenvalue weighted by Crippen LogP contribution is 3.18. The summed E-state index contributed by atoms with van der Waals surface area (Å²) in [7, 11) is 7.03. The fourth-order valence-corrected chi connectivity index (χ4v) is 10.6. The summed E-state index contributed by atoms with van der Waals surface area (Å²) in [6.07, 6.45) is 6.23. The van der Waals surface area contributed by atoms with Crippen LogP contribution in [0, 0.1) is 51.8 Å². The van der Waals surface area contributed by atoms with Gasteiger partial charge in [-0.2, -0.15) is 0 Å². The predicted molar refractivity (Wildman–Crippen MR) is 60.8 cm³/mol. The maximum Gasteiger partial charge on any atom is 0.0766 e. The molecule has 7 saturated carbocycles. The third kappa shape index (κ3) is 0.255. The van der Waals surface area contributed by atoms with Crippen LogP contribution in [0.25, 0.3) is 0 Å². The van der Waals surface area contributed by atoms with E-state index in [1.54, 1.807) is 12.8 Å². The molecule has 0 amide bonds. The third-order valence-electron chi connectivity index (χ3n) is 10.0. The molecule has 10 unspecified atom stereocenters. The Labute approximate surface area is 98.0 Å². The summed E-state index contributed by atoms with van der Waals surface area (Å²) in [4.78, 5) is 0. The van der Waals surface area contributed by atoms with Crippen LogP contribution in [-0.2, 0) is 0 Å². The van der Waals surface area contributed by atoms with Crippen molar-refractivity contribution < 1.29 is 0 Å². The largest absolute Gasteiger partial charge is 0.0766 e. The van der Waals surface area contributed by atoms with E-state index in [9.17, 15) is 0 Å². The molecule has 0 aromatic rings. The zero-order valence-corrected chi connectivity index (χ0v) is 9.87. The Morgan fingerprint density at radius 2 is 1.38 bits per heavy atom. The second-order valence-corrected chi connectivity index (χ2v) is 8.50. The Kier molecular flexibility index (Phi) is 0.657. The van der Waals surface area contributed by atoms with Crippen molar-refractivity contribution >= 4 is 7.85 Å². The average molecular weight is 208 g/mol. The summed E-state index contributed by atoms with van der Waals surface area (Å²) >= 11 is 0. The van der Waals surface area contributed by atoms with Crippen molar-refractivity contribution in [3.05, 3.63) is 0 Å². The van der Waals surface area contributed by atoms with Gasteiger partial charge >= 0.3 is 0 Å². The van der Waals surface area contributed by atoms with Gasteiger partial charge in [-0.1, -0.05) is 18.7 Å². The minimum atomic E-state index is 0.351. The van der Waals surface area contributed by atoms with Gasteiger partial charge in [-0.05, 0) is 71.0 Å². The molecule has 0 aromatic carbocycles. The van der Waals surface area contributed by atoms with E-state index >= 15 is 0 Å². The van der Waals surface area contributed by atoms with E-state index in [-0.39, 0.29) is 0 Å². The second-order valence-electron chi connectivity index (χ2n) is 8.50. The summed E-state index contributed by atoms with van der Waals surface area (Å²) in [5.41, 5.74) is 2.23. The van der Waals surface area contributed by atoms with Crippen LogP contribution in [0.2, 0.25) is 5.31 Å². The fraction of sp³-hybridized carbons (Fsp3) is 1.00. The summed E-state index contributed by atoms with van der Waals surface area (Å²) < 4.78 is 0. The molecule has 7 rings (SSSR count). The highest BCUT2D eigenvalue weighted by Gasteiger charge is 3.12. The van der Waals surface area contributed by atoms with E-state index in [0.29, 0.717) is 10.7 Å². The van der Waals surface area contributed by atoms with E-state index in [4.69, 9.17) is 7.85 Å². The van der Waals surface area contributed by atoms with E-state index in [0.717, 1.165) is 46.3 Å². The first kappa shape index (κ1) is 7.49. The second kappa shape index (κ2) is 1.40. The lowest BCUT2D eigenvalue weighted by molar-refractivity contribution is -0.654.